The molecular weight excluding hydrogens is 406 g/mol. The number of fused-ring (bicyclic) bond motifs is 4. The van der Waals surface area contributed by atoms with Gasteiger partial charge in [-0.2, -0.15) is 0 Å². The molecule has 3 heterocycles. The molecule has 1 N–H and O–H groups in total. The summed E-state index contributed by atoms with van der Waals surface area (Å²) in [7, 11) is 0. The molecule has 31 heavy (non-hydrogen) atoms. The average molecular weight is 432 g/mol. The lowest BCUT2D eigenvalue weighted by Gasteiger charge is -2.46. The van der Waals surface area contributed by atoms with Crippen molar-refractivity contribution in [3.63, 3.8) is 0 Å². The second kappa shape index (κ2) is 7.52. The van der Waals surface area contributed by atoms with Gasteiger partial charge in [-0.1, -0.05) is 23.7 Å². The van der Waals surface area contributed by atoms with Crippen molar-refractivity contribution in [1.29, 1.82) is 0 Å². The van der Waals surface area contributed by atoms with Crippen molar-refractivity contribution < 1.29 is 4.79 Å². The number of halogens is 1. The summed E-state index contributed by atoms with van der Waals surface area (Å²) in [4.78, 5) is 20.2. The molecule has 2 aromatic carbocycles. The SMILES string of the molecule is O=C(Nc1ccc2nc(N3CC4CCC3CC4)ccc2c1)[C@@H]1C[C@H]1c1ccc(Cl)cc1. The van der Waals surface area contributed by atoms with Crippen LogP contribution < -0.4 is 10.2 Å². The smallest absolute Gasteiger partial charge is 0.228 e. The third kappa shape index (κ3) is 3.67. The van der Waals surface area contributed by atoms with E-state index in [1.807, 2.05) is 42.5 Å². The molecule has 2 saturated carbocycles. The third-order valence-electron chi connectivity index (χ3n) is 7.37. The highest BCUT2D eigenvalue weighted by Gasteiger charge is 2.43. The van der Waals surface area contributed by atoms with Gasteiger partial charge in [-0.25, -0.2) is 4.98 Å². The predicted molar refractivity (Wildman–Crippen MR) is 126 cm³/mol. The van der Waals surface area contributed by atoms with E-state index in [4.69, 9.17) is 16.6 Å². The minimum absolute atomic E-state index is 0.0342. The lowest BCUT2D eigenvalue weighted by Crippen LogP contribution is -2.48. The lowest BCUT2D eigenvalue weighted by atomic mass is 9.80. The molecule has 1 aromatic heterocycles. The molecule has 2 aliphatic carbocycles. The van der Waals surface area contributed by atoms with Crippen molar-refractivity contribution >= 4 is 39.9 Å². The second-order valence-corrected chi connectivity index (χ2v) is 9.83. The van der Waals surface area contributed by atoms with Crippen LogP contribution in [0.3, 0.4) is 0 Å². The van der Waals surface area contributed by atoms with Gasteiger partial charge in [0.2, 0.25) is 5.91 Å². The summed E-state index contributed by atoms with van der Waals surface area (Å²) in [6, 6.07) is 18.8. The first kappa shape index (κ1) is 19.1. The van der Waals surface area contributed by atoms with Crippen LogP contribution in [-0.2, 0) is 4.79 Å². The Bertz CT molecular complexity index is 1140. The van der Waals surface area contributed by atoms with Crippen LogP contribution in [0.2, 0.25) is 5.02 Å². The lowest BCUT2D eigenvalue weighted by molar-refractivity contribution is -0.117. The largest absolute Gasteiger partial charge is 0.353 e. The Morgan fingerprint density at radius 3 is 2.55 bits per heavy atom. The first-order valence-electron chi connectivity index (χ1n) is 11.4. The summed E-state index contributed by atoms with van der Waals surface area (Å²) in [6.45, 7) is 1.15. The fraction of sp³-hybridized carbons (Fsp3) is 0.385. The summed E-state index contributed by atoms with van der Waals surface area (Å²) in [5.74, 6) is 2.35. The molecule has 2 bridgehead atoms. The van der Waals surface area contributed by atoms with Gasteiger partial charge >= 0.3 is 0 Å². The van der Waals surface area contributed by atoms with Gasteiger partial charge in [0, 0.05) is 34.6 Å². The van der Waals surface area contributed by atoms with Gasteiger partial charge in [-0.15, -0.1) is 0 Å². The predicted octanol–water partition coefficient (Wildman–Crippen LogP) is 6.01. The monoisotopic (exact) mass is 431 g/mol. The number of benzene rings is 2. The van der Waals surface area contributed by atoms with Crippen LogP contribution in [0.25, 0.3) is 10.9 Å². The highest BCUT2D eigenvalue weighted by molar-refractivity contribution is 6.30. The molecule has 3 aromatic rings. The van der Waals surface area contributed by atoms with Gasteiger partial charge in [0.25, 0.3) is 0 Å². The van der Waals surface area contributed by atoms with Crippen LogP contribution in [0.15, 0.2) is 54.6 Å². The number of nitrogens with zero attached hydrogens (tertiary/aromatic N) is 2. The fourth-order valence-corrected chi connectivity index (χ4v) is 5.62. The third-order valence-corrected chi connectivity index (χ3v) is 7.63. The Morgan fingerprint density at radius 1 is 1.00 bits per heavy atom. The molecule has 0 spiro atoms. The molecule has 0 radical (unpaired) electrons. The summed E-state index contributed by atoms with van der Waals surface area (Å²) < 4.78 is 0. The maximum Gasteiger partial charge on any atom is 0.228 e. The van der Waals surface area contributed by atoms with Gasteiger partial charge in [-0.3, -0.25) is 4.79 Å². The molecular formula is C26H26ClN3O. The van der Waals surface area contributed by atoms with Crippen molar-refractivity contribution in [3.05, 3.63) is 65.2 Å². The Balaban J connectivity index is 1.15. The van der Waals surface area contributed by atoms with Gasteiger partial charge in [0.1, 0.15) is 5.82 Å². The number of hydrogen-bond donors (Lipinski definition) is 1. The molecule has 1 amide bonds. The summed E-state index contributed by atoms with van der Waals surface area (Å²) in [6.07, 6.45) is 6.24. The van der Waals surface area contributed by atoms with Gasteiger partial charge in [-0.05, 0) is 92.0 Å². The average Bonchev–Trinajstić information content (AvgIpc) is 3.61. The van der Waals surface area contributed by atoms with E-state index in [9.17, 15) is 4.79 Å². The van der Waals surface area contributed by atoms with Gasteiger partial charge in [0.05, 0.1) is 5.52 Å². The van der Waals surface area contributed by atoms with Crippen LogP contribution >= 0.6 is 11.6 Å². The number of carbonyl (C=O) groups is 1. The molecule has 2 aliphatic heterocycles. The van der Waals surface area contributed by atoms with Crippen molar-refractivity contribution in [2.24, 2.45) is 11.8 Å². The van der Waals surface area contributed by atoms with Crippen molar-refractivity contribution in [2.75, 3.05) is 16.8 Å². The topological polar surface area (TPSA) is 45.2 Å². The number of hydrogen-bond acceptors (Lipinski definition) is 3. The number of pyridine rings is 1. The number of carbonyl (C=O) groups excluding carboxylic acids is 1. The van der Waals surface area contributed by atoms with Crippen molar-refractivity contribution in [2.45, 2.75) is 44.1 Å². The van der Waals surface area contributed by atoms with E-state index in [-0.39, 0.29) is 11.8 Å². The maximum absolute atomic E-state index is 12.7. The fourth-order valence-electron chi connectivity index (χ4n) is 5.50. The zero-order valence-electron chi connectivity index (χ0n) is 17.4. The van der Waals surface area contributed by atoms with Crippen LogP contribution in [0.4, 0.5) is 11.5 Å². The molecule has 0 unspecified atom stereocenters. The number of amides is 1. The van der Waals surface area contributed by atoms with E-state index < -0.39 is 0 Å². The highest BCUT2D eigenvalue weighted by atomic mass is 35.5. The first-order chi connectivity index (χ1) is 15.1. The molecule has 7 rings (SSSR count). The summed E-state index contributed by atoms with van der Waals surface area (Å²) in [5.41, 5.74) is 3.01. The van der Waals surface area contributed by atoms with Crippen molar-refractivity contribution in [1.82, 2.24) is 4.98 Å². The van der Waals surface area contributed by atoms with E-state index in [0.29, 0.717) is 12.0 Å². The highest BCUT2D eigenvalue weighted by Crippen LogP contribution is 2.48. The molecule has 2 atom stereocenters. The Kier molecular flexibility index (Phi) is 4.64. The number of rotatable bonds is 4. The number of nitrogens with one attached hydrogen (secondary N) is 1. The maximum atomic E-state index is 12.7. The Hall–Kier alpha value is -2.59. The van der Waals surface area contributed by atoms with E-state index in [2.05, 4.69) is 22.3 Å². The van der Waals surface area contributed by atoms with Crippen LogP contribution in [0, 0.1) is 11.8 Å². The normalized spacial score (nSPS) is 26.8. The standard InChI is InChI=1S/C26H26ClN3O/c27-19-6-3-17(4-7-19)22-14-23(22)26(31)28-20-8-11-24-18(13-20)5-12-25(29-24)30-15-16-1-9-21(30)10-2-16/h3-8,11-13,16,21-23H,1-2,9-10,14-15H2,(H,28,31)/t16?,21?,22-,23+/m0/s1. The zero-order chi connectivity index (χ0) is 20.9. The minimum Gasteiger partial charge on any atom is -0.353 e. The second-order valence-electron chi connectivity index (χ2n) is 9.39. The zero-order valence-corrected chi connectivity index (χ0v) is 18.2. The molecule has 4 aliphatic rings. The van der Waals surface area contributed by atoms with Gasteiger partial charge in [0.15, 0.2) is 0 Å². The summed E-state index contributed by atoms with van der Waals surface area (Å²) in [5, 5.41) is 4.90. The van der Waals surface area contributed by atoms with E-state index in [0.717, 1.165) is 46.3 Å². The molecule has 5 heteroatoms. The van der Waals surface area contributed by atoms with Crippen LogP contribution in [0.1, 0.15) is 43.6 Å². The molecule has 2 saturated heterocycles. The van der Waals surface area contributed by atoms with Gasteiger partial charge < -0.3 is 10.2 Å². The quantitative estimate of drug-likeness (QED) is 0.550. The number of piperidine rings is 2. The van der Waals surface area contributed by atoms with E-state index in [1.165, 1.54) is 31.2 Å². The minimum atomic E-state index is 0.0342. The number of aromatic nitrogens is 1. The summed E-state index contributed by atoms with van der Waals surface area (Å²) >= 11 is 5.97. The Labute approximate surface area is 187 Å². The number of anilines is 2. The van der Waals surface area contributed by atoms with E-state index in [1.54, 1.807) is 0 Å². The molecule has 158 valence electrons. The van der Waals surface area contributed by atoms with Crippen LogP contribution in [-0.4, -0.2) is 23.5 Å². The molecule has 4 fully saturated rings. The molecule has 4 nitrogen and oxygen atoms in total. The van der Waals surface area contributed by atoms with E-state index >= 15 is 0 Å². The first-order valence-corrected chi connectivity index (χ1v) is 11.8. The van der Waals surface area contributed by atoms with Crippen molar-refractivity contribution in [3.8, 4) is 0 Å². The Morgan fingerprint density at radius 2 is 1.81 bits per heavy atom. The van der Waals surface area contributed by atoms with Crippen LogP contribution in [0.5, 0.6) is 0 Å².